The first kappa shape index (κ1) is 7.36. The molecule has 0 spiro atoms. The van der Waals surface area contributed by atoms with Crippen molar-refractivity contribution in [2.24, 2.45) is 0 Å². The van der Waals surface area contributed by atoms with Gasteiger partial charge in [-0.05, 0) is 0 Å². The van der Waals surface area contributed by atoms with Gasteiger partial charge in [-0.3, -0.25) is 4.79 Å². The van der Waals surface area contributed by atoms with Gasteiger partial charge in [0.1, 0.15) is 0 Å². The first-order valence-corrected chi connectivity index (χ1v) is 3.76. The Kier molecular flexibility index (Phi) is 2.41. The molecule has 1 radical (unpaired) electrons. The van der Waals surface area contributed by atoms with Gasteiger partial charge in [0.2, 0.25) is 6.29 Å². The molecule has 0 N–H and O–H groups in total. The summed E-state index contributed by atoms with van der Waals surface area (Å²) in [6.45, 7) is 0. The normalized spacial score (nSPS) is 12.1. The van der Waals surface area contributed by atoms with Crippen molar-refractivity contribution >= 4 is 16.1 Å². The molecule has 0 aromatic carbocycles. The number of hydrogen-bond donors (Lipinski definition) is 0. The van der Waals surface area contributed by atoms with Crippen molar-refractivity contribution in [3.63, 3.8) is 0 Å². The number of carbonyl (C=O) groups excluding carboxylic acids is 1. The van der Waals surface area contributed by atoms with Crippen molar-refractivity contribution in [3.05, 3.63) is 11.5 Å². The summed E-state index contributed by atoms with van der Waals surface area (Å²) in [6.07, 6.45) is 3.13. The number of hydrogen-bond acceptors (Lipinski definition) is 3. The average molecular weight is 133 g/mol. The second-order valence-corrected chi connectivity index (χ2v) is 3.18. The summed E-state index contributed by atoms with van der Waals surface area (Å²) in [7, 11) is -3.13. The molecule has 0 rings (SSSR count). The minimum absolute atomic E-state index is 0.792. The molecule has 0 atom stereocenters. The molecule has 0 aliphatic rings. The van der Waals surface area contributed by atoms with Gasteiger partial charge in [0.25, 0.3) is 0 Å². The van der Waals surface area contributed by atoms with Crippen LogP contribution in [0.5, 0.6) is 0 Å². The van der Waals surface area contributed by atoms with Crippen molar-refractivity contribution < 1.29 is 13.2 Å². The second kappa shape index (κ2) is 2.61. The van der Waals surface area contributed by atoms with Crippen molar-refractivity contribution in [2.45, 2.75) is 0 Å². The molecule has 0 heterocycles. The van der Waals surface area contributed by atoms with Crippen LogP contribution in [0.15, 0.2) is 11.5 Å². The lowest BCUT2D eigenvalue weighted by molar-refractivity contribution is 0.564. The van der Waals surface area contributed by atoms with E-state index in [9.17, 15) is 13.2 Å². The van der Waals surface area contributed by atoms with Gasteiger partial charge < -0.3 is 0 Å². The van der Waals surface area contributed by atoms with Crippen LogP contribution in [-0.4, -0.2) is 21.0 Å². The van der Waals surface area contributed by atoms with Gasteiger partial charge in [-0.15, -0.1) is 0 Å². The molecule has 8 heavy (non-hydrogen) atoms. The summed E-state index contributed by atoms with van der Waals surface area (Å²) in [6, 6.07) is 0. The molecule has 0 amide bonds. The third-order valence-electron chi connectivity index (χ3n) is 0.383. The lowest BCUT2D eigenvalue weighted by Crippen LogP contribution is -1.87. The Morgan fingerprint density at radius 2 is 2.00 bits per heavy atom. The van der Waals surface area contributed by atoms with Crippen LogP contribution in [0.25, 0.3) is 0 Å². The largest absolute Gasteiger partial charge is 0.286 e. The van der Waals surface area contributed by atoms with Gasteiger partial charge in [0.15, 0.2) is 9.84 Å². The lowest BCUT2D eigenvalue weighted by Gasteiger charge is -1.76. The van der Waals surface area contributed by atoms with Gasteiger partial charge in [0, 0.05) is 17.7 Å². The maximum absolute atomic E-state index is 10.1. The van der Waals surface area contributed by atoms with Gasteiger partial charge >= 0.3 is 0 Å². The van der Waals surface area contributed by atoms with Crippen molar-refractivity contribution in [1.29, 1.82) is 0 Å². The molecule has 0 aliphatic heterocycles. The molecule has 0 aliphatic carbocycles. The third-order valence-corrected chi connectivity index (χ3v) is 1.01. The quantitative estimate of drug-likeness (QED) is 0.484. The van der Waals surface area contributed by atoms with Crippen molar-refractivity contribution in [3.8, 4) is 0 Å². The van der Waals surface area contributed by atoms with Crippen LogP contribution in [0.3, 0.4) is 0 Å². The van der Waals surface area contributed by atoms with Crippen molar-refractivity contribution in [2.75, 3.05) is 6.26 Å². The predicted octanol–water partition coefficient (Wildman–Crippen LogP) is -0.346. The summed E-state index contributed by atoms with van der Waals surface area (Å²) in [5.74, 6) is 0. The highest BCUT2D eigenvalue weighted by Crippen LogP contribution is 1.81. The van der Waals surface area contributed by atoms with E-state index >= 15 is 0 Å². The Labute approximate surface area is 47.9 Å². The van der Waals surface area contributed by atoms with E-state index in [1.54, 1.807) is 0 Å². The Morgan fingerprint density at radius 3 is 2.12 bits per heavy atom. The van der Waals surface area contributed by atoms with Crippen LogP contribution in [0, 0.1) is 0 Å². The highest BCUT2D eigenvalue weighted by Gasteiger charge is 1.89. The van der Waals surface area contributed by atoms with E-state index in [1.165, 1.54) is 6.29 Å². The van der Waals surface area contributed by atoms with Crippen LogP contribution < -0.4 is 0 Å². The SMILES string of the molecule is CS(=O)(=O)/C=C/[C]=O. The van der Waals surface area contributed by atoms with Crippen LogP contribution in [-0.2, 0) is 14.6 Å². The predicted molar refractivity (Wildman–Crippen MR) is 29.7 cm³/mol. The molecule has 0 aromatic heterocycles. The van der Waals surface area contributed by atoms with E-state index in [0.29, 0.717) is 0 Å². The van der Waals surface area contributed by atoms with Crippen LogP contribution in [0.1, 0.15) is 0 Å². The first-order chi connectivity index (χ1) is 3.56. The smallest absolute Gasteiger partial charge is 0.226 e. The summed E-state index contributed by atoms with van der Waals surface area (Å²) in [4.78, 5) is 9.38. The highest BCUT2D eigenvalue weighted by atomic mass is 32.2. The fourth-order valence-electron chi connectivity index (χ4n) is 0.151. The molecule has 0 aromatic rings. The van der Waals surface area contributed by atoms with Gasteiger partial charge in [-0.1, -0.05) is 0 Å². The van der Waals surface area contributed by atoms with Gasteiger partial charge in [-0.25, -0.2) is 8.42 Å². The number of rotatable bonds is 2. The van der Waals surface area contributed by atoms with E-state index in [0.717, 1.165) is 17.7 Å². The van der Waals surface area contributed by atoms with E-state index in [-0.39, 0.29) is 0 Å². The Morgan fingerprint density at radius 1 is 1.50 bits per heavy atom. The van der Waals surface area contributed by atoms with Crippen LogP contribution in [0.4, 0.5) is 0 Å². The van der Waals surface area contributed by atoms with E-state index in [2.05, 4.69) is 0 Å². The molecular formula is C4H5O3S. The molecule has 3 nitrogen and oxygen atoms in total. The molecule has 0 unspecified atom stereocenters. The van der Waals surface area contributed by atoms with Gasteiger partial charge in [0.05, 0.1) is 0 Å². The Hall–Kier alpha value is -0.640. The summed E-state index contributed by atoms with van der Waals surface area (Å²) >= 11 is 0. The standard InChI is InChI=1S/C4H5O3S/c1-8(6,7)4-2-3-5/h2,4H,1H3/b4-2+. The van der Waals surface area contributed by atoms with Crippen LogP contribution in [0.2, 0.25) is 0 Å². The fraction of sp³-hybridized carbons (Fsp3) is 0.250. The van der Waals surface area contributed by atoms with E-state index in [1.807, 2.05) is 0 Å². The van der Waals surface area contributed by atoms with E-state index < -0.39 is 9.84 Å². The molecule has 0 saturated heterocycles. The topological polar surface area (TPSA) is 51.2 Å². The monoisotopic (exact) mass is 133 g/mol. The van der Waals surface area contributed by atoms with E-state index in [4.69, 9.17) is 0 Å². The number of allylic oxidation sites excluding steroid dienone is 1. The minimum Gasteiger partial charge on any atom is -0.286 e. The zero-order valence-electron chi connectivity index (χ0n) is 4.29. The minimum atomic E-state index is -3.13. The number of sulfone groups is 1. The Bertz CT molecular complexity index is 187. The maximum atomic E-state index is 10.1. The highest BCUT2D eigenvalue weighted by molar-refractivity contribution is 7.93. The summed E-state index contributed by atoms with van der Waals surface area (Å²) < 4.78 is 20.2. The zero-order valence-corrected chi connectivity index (χ0v) is 5.10. The summed E-state index contributed by atoms with van der Waals surface area (Å²) in [5.41, 5.74) is 0. The third kappa shape index (κ3) is 5.36. The fourth-order valence-corrected chi connectivity index (χ4v) is 0.454. The molecule has 4 heteroatoms. The van der Waals surface area contributed by atoms with Crippen molar-refractivity contribution in [1.82, 2.24) is 0 Å². The first-order valence-electron chi connectivity index (χ1n) is 1.80. The molecule has 0 saturated carbocycles. The second-order valence-electron chi connectivity index (χ2n) is 1.25. The molecular weight excluding hydrogens is 128 g/mol. The Balaban J connectivity index is 4.12. The molecule has 0 bridgehead atoms. The summed E-state index contributed by atoms with van der Waals surface area (Å²) in [5, 5.41) is 0.792. The van der Waals surface area contributed by atoms with Gasteiger partial charge in [-0.2, -0.15) is 0 Å². The van der Waals surface area contributed by atoms with Crippen LogP contribution >= 0.6 is 0 Å². The zero-order chi connectivity index (χ0) is 6.62. The average Bonchev–Trinajstić information content (AvgIpc) is 1.59. The lowest BCUT2D eigenvalue weighted by atomic mass is 10.7. The molecule has 0 fully saturated rings. The molecule has 45 valence electrons. The maximum Gasteiger partial charge on any atom is 0.226 e.